The minimum Gasteiger partial charge on any atom is -0.409 e. The normalized spacial score (nSPS) is 15.6. The van der Waals surface area contributed by atoms with E-state index in [9.17, 15) is 0 Å². The highest BCUT2D eigenvalue weighted by molar-refractivity contribution is 7.99. The number of hydrogen-bond donors (Lipinski definition) is 2. The summed E-state index contributed by atoms with van der Waals surface area (Å²) in [6.45, 7) is 2.03. The quantitative estimate of drug-likeness (QED) is 0.270. The Hall–Kier alpha value is -0.380. The molecule has 0 aliphatic heterocycles. The smallest absolute Gasteiger partial charge is 0.140 e. The molecule has 0 aliphatic carbocycles. The molecule has 1 unspecified atom stereocenters. The Balaban J connectivity index is 3.47. The lowest BCUT2D eigenvalue weighted by atomic mass is 10.3. The summed E-state index contributed by atoms with van der Waals surface area (Å²) in [4.78, 5) is 0. The zero-order valence-corrected chi connectivity index (χ0v) is 6.48. The van der Waals surface area contributed by atoms with E-state index >= 15 is 0 Å². The molecule has 0 spiro atoms. The van der Waals surface area contributed by atoms with Crippen molar-refractivity contribution in [3.05, 3.63) is 0 Å². The summed E-state index contributed by atoms with van der Waals surface area (Å²) in [6.07, 6.45) is 2.65. The van der Waals surface area contributed by atoms with Crippen molar-refractivity contribution in [1.29, 1.82) is 0 Å². The van der Waals surface area contributed by atoms with Gasteiger partial charge in [0.1, 0.15) is 5.84 Å². The van der Waals surface area contributed by atoms with Gasteiger partial charge in [-0.05, 0) is 6.26 Å². The maximum atomic E-state index is 8.13. The Morgan fingerprint density at radius 1 is 1.89 bits per heavy atom. The van der Waals surface area contributed by atoms with Gasteiger partial charge in [-0.3, -0.25) is 0 Å². The third kappa shape index (κ3) is 4.14. The molecule has 0 rings (SSSR count). The van der Waals surface area contributed by atoms with E-state index in [1.54, 1.807) is 11.8 Å². The summed E-state index contributed by atoms with van der Waals surface area (Å²) in [7, 11) is 0. The van der Waals surface area contributed by atoms with Crippen LogP contribution in [0.3, 0.4) is 0 Å². The van der Waals surface area contributed by atoms with Crippen molar-refractivity contribution in [2.24, 2.45) is 10.9 Å². The number of thioether (sulfide) groups is 1. The molecule has 0 saturated heterocycles. The average molecular weight is 148 g/mol. The second kappa shape index (κ2) is 4.49. The molecule has 0 aliphatic rings. The summed E-state index contributed by atoms with van der Waals surface area (Å²) in [5, 5.41) is 11.4. The van der Waals surface area contributed by atoms with Crippen molar-refractivity contribution >= 4 is 17.6 Å². The first-order valence-corrected chi connectivity index (χ1v) is 3.98. The van der Waals surface area contributed by atoms with Crippen LogP contribution in [0.15, 0.2) is 5.16 Å². The predicted molar refractivity (Wildman–Crippen MR) is 41.0 cm³/mol. The zero-order valence-electron chi connectivity index (χ0n) is 5.66. The fourth-order valence-electron chi connectivity index (χ4n) is 0.419. The number of hydrogen-bond acceptors (Lipinski definition) is 3. The van der Waals surface area contributed by atoms with Crippen molar-refractivity contribution in [2.45, 2.75) is 18.6 Å². The number of oxime groups is 1. The van der Waals surface area contributed by atoms with Gasteiger partial charge >= 0.3 is 0 Å². The Labute approximate surface area is 59.3 Å². The van der Waals surface area contributed by atoms with Crippen molar-refractivity contribution in [3.63, 3.8) is 0 Å². The van der Waals surface area contributed by atoms with E-state index in [1.165, 1.54) is 0 Å². The standard InChI is InChI=1S/C5H12N2OS/c1-4(9-2)3-5(6)7-8/h4,8H,3H2,1-2H3,(H2,6,7). The number of nitrogens with zero attached hydrogens (tertiary/aromatic N) is 1. The van der Waals surface area contributed by atoms with Crippen LogP contribution >= 0.6 is 11.8 Å². The number of nitrogens with two attached hydrogens (primary N) is 1. The third-order valence-corrected chi connectivity index (χ3v) is 2.00. The largest absolute Gasteiger partial charge is 0.409 e. The average Bonchev–Trinajstić information content (AvgIpc) is 1.87. The van der Waals surface area contributed by atoms with E-state index in [4.69, 9.17) is 10.9 Å². The van der Waals surface area contributed by atoms with Gasteiger partial charge in [0.15, 0.2) is 0 Å². The van der Waals surface area contributed by atoms with Crippen molar-refractivity contribution in [1.82, 2.24) is 0 Å². The molecule has 0 amide bonds. The van der Waals surface area contributed by atoms with E-state index in [1.807, 2.05) is 13.2 Å². The molecule has 54 valence electrons. The molecule has 0 aromatic carbocycles. The highest BCUT2D eigenvalue weighted by atomic mass is 32.2. The van der Waals surface area contributed by atoms with Crippen LogP contribution < -0.4 is 5.73 Å². The number of rotatable bonds is 3. The van der Waals surface area contributed by atoms with Gasteiger partial charge in [0, 0.05) is 11.7 Å². The van der Waals surface area contributed by atoms with Gasteiger partial charge in [-0.15, -0.1) is 0 Å². The first kappa shape index (κ1) is 8.62. The second-order valence-electron chi connectivity index (χ2n) is 1.84. The van der Waals surface area contributed by atoms with E-state index in [0.717, 1.165) is 0 Å². The molecule has 0 saturated carbocycles. The van der Waals surface area contributed by atoms with Gasteiger partial charge in [0.25, 0.3) is 0 Å². The zero-order chi connectivity index (χ0) is 7.28. The van der Waals surface area contributed by atoms with Gasteiger partial charge in [-0.1, -0.05) is 12.1 Å². The van der Waals surface area contributed by atoms with Crippen LogP contribution in [0.2, 0.25) is 0 Å². The molecular formula is C5H12N2OS. The molecule has 3 N–H and O–H groups in total. The summed E-state index contributed by atoms with van der Waals surface area (Å²) in [5.74, 6) is 0.303. The summed E-state index contributed by atoms with van der Waals surface area (Å²) < 4.78 is 0. The molecule has 0 radical (unpaired) electrons. The SMILES string of the molecule is CSC(C)C/C(N)=N/O. The van der Waals surface area contributed by atoms with Crippen molar-refractivity contribution in [3.8, 4) is 0 Å². The minimum absolute atomic E-state index is 0.303. The van der Waals surface area contributed by atoms with Gasteiger partial charge in [-0.25, -0.2) is 0 Å². The van der Waals surface area contributed by atoms with E-state index in [-0.39, 0.29) is 0 Å². The fraction of sp³-hybridized carbons (Fsp3) is 0.800. The summed E-state index contributed by atoms with van der Waals surface area (Å²) in [5.41, 5.74) is 5.24. The molecule has 4 heteroatoms. The lowest BCUT2D eigenvalue weighted by Crippen LogP contribution is -2.16. The van der Waals surface area contributed by atoms with Crippen LogP contribution in [0.25, 0.3) is 0 Å². The first-order valence-electron chi connectivity index (χ1n) is 2.70. The van der Waals surface area contributed by atoms with E-state index in [2.05, 4.69) is 5.16 Å². The first-order chi connectivity index (χ1) is 4.20. The van der Waals surface area contributed by atoms with Crippen LogP contribution in [0, 0.1) is 0 Å². The molecule has 3 nitrogen and oxygen atoms in total. The Kier molecular flexibility index (Phi) is 4.30. The highest BCUT2D eigenvalue weighted by Gasteiger charge is 2.00. The van der Waals surface area contributed by atoms with Crippen LogP contribution in [0.1, 0.15) is 13.3 Å². The topological polar surface area (TPSA) is 58.6 Å². The predicted octanol–water partition coefficient (Wildman–Crippen LogP) is 0.874. The highest BCUT2D eigenvalue weighted by Crippen LogP contribution is 2.08. The molecule has 0 heterocycles. The molecule has 0 bridgehead atoms. The maximum Gasteiger partial charge on any atom is 0.140 e. The Bertz CT molecular complexity index is 105. The minimum atomic E-state index is 0.303. The van der Waals surface area contributed by atoms with Crippen molar-refractivity contribution in [2.75, 3.05) is 6.26 Å². The van der Waals surface area contributed by atoms with Crippen LogP contribution in [0.5, 0.6) is 0 Å². The van der Waals surface area contributed by atoms with Crippen LogP contribution in [-0.2, 0) is 0 Å². The van der Waals surface area contributed by atoms with Gasteiger partial charge in [0.2, 0.25) is 0 Å². The maximum absolute atomic E-state index is 8.13. The van der Waals surface area contributed by atoms with Crippen LogP contribution in [0.4, 0.5) is 0 Å². The monoisotopic (exact) mass is 148 g/mol. The second-order valence-corrected chi connectivity index (χ2v) is 3.12. The molecule has 1 atom stereocenters. The lowest BCUT2D eigenvalue weighted by Gasteiger charge is -2.04. The lowest BCUT2D eigenvalue weighted by molar-refractivity contribution is 0.317. The van der Waals surface area contributed by atoms with Gasteiger partial charge in [-0.2, -0.15) is 11.8 Å². The Morgan fingerprint density at radius 3 is 2.78 bits per heavy atom. The van der Waals surface area contributed by atoms with Gasteiger partial charge in [0.05, 0.1) is 0 Å². The van der Waals surface area contributed by atoms with Crippen molar-refractivity contribution < 1.29 is 5.21 Å². The molecule has 0 aromatic heterocycles. The summed E-state index contributed by atoms with van der Waals surface area (Å²) in [6, 6.07) is 0. The molecule has 0 fully saturated rings. The third-order valence-electron chi connectivity index (χ3n) is 1.03. The van der Waals surface area contributed by atoms with Crippen LogP contribution in [-0.4, -0.2) is 22.5 Å². The van der Waals surface area contributed by atoms with E-state index in [0.29, 0.717) is 17.5 Å². The summed E-state index contributed by atoms with van der Waals surface area (Å²) >= 11 is 1.70. The van der Waals surface area contributed by atoms with E-state index < -0.39 is 0 Å². The molecule has 9 heavy (non-hydrogen) atoms. The Morgan fingerprint density at radius 2 is 2.44 bits per heavy atom. The molecule has 0 aromatic rings. The van der Waals surface area contributed by atoms with Gasteiger partial charge < -0.3 is 10.9 Å². The fourth-order valence-corrected chi connectivity index (χ4v) is 0.756. The number of amidine groups is 1. The molecular weight excluding hydrogens is 136 g/mol.